The predicted octanol–water partition coefficient (Wildman–Crippen LogP) is 5.17. The van der Waals surface area contributed by atoms with Crippen molar-refractivity contribution in [2.75, 3.05) is 18.0 Å². The monoisotopic (exact) mass is 301 g/mol. The van der Waals surface area contributed by atoms with Crippen molar-refractivity contribution >= 4 is 13.8 Å². The van der Waals surface area contributed by atoms with E-state index in [1.807, 2.05) is 0 Å². The van der Waals surface area contributed by atoms with Crippen LogP contribution >= 0.6 is 0 Å². The predicted molar refractivity (Wildman–Crippen MR) is 96.4 cm³/mol. The molecule has 3 rings (SSSR count). The van der Waals surface area contributed by atoms with Crippen LogP contribution in [0.5, 0.6) is 0 Å². The maximum absolute atomic E-state index is 2.67. The molecular formula is C19H31NSi. The molecule has 0 bridgehead atoms. The number of anilines is 1. The van der Waals surface area contributed by atoms with Crippen LogP contribution in [0.3, 0.4) is 0 Å². The lowest BCUT2D eigenvalue weighted by Crippen LogP contribution is -2.47. The molecule has 0 N–H and O–H groups in total. The van der Waals surface area contributed by atoms with Crippen molar-refractivity contribution in [2.45, 2.75) is 70.1 Å². The molecule has 1 aromatic rings. The molecule has 1 aromatic carbocycles. The van der Waals surface area contributed by atoms with Gasteiger partial charge in [0, 0.05) is 26.9 Å². The Kier molecular flexibility index (Phi) is 3.33. The number of rotatable bonds is 2. The fourth-order valence-corrected chi connectivity index (χ4v) is 7.38. The van der Waals surface area contributed by atoms with E-state index in [0.717, 1.165) is 0 Å². The molecule has 2 aliphatic heterocycles. The Labute approximate surface area is 131 Å². The summed E-state index contributed by atoms with van der Waals surface area (Å²) in [6.45, 7) is 17.4. The van der Waals surface area contributed by atoms with Crippen LogP contribution in [0.25, 0.3) is 0 Å². The first-order valence-electron chi connectivity index (χ1n) is 8.51. The van der Waals surface area contributed by atoms with E-state index in [-0.39, 0.29) is 0 Å². The third kappa shape index (κ3) is 2.56. The van der Waals surface area contributed by atoms with Crippen molar-refractivity contribution in [1.82, 2.24) is 0 Å². The standard InChI is InChI=1S/C19H31NSi/c1-18(2)10-12-20-13-11-19(3,14-21(4,5)6)16-9-7-8-15(18)17(16)20/h7-9H,10-14H2,1-6H3. The summed E-state index contributed by atoms with van der Waals surface area (Å²) in [5.41, 5.74) is 5.55. The van der Waals surface area contributed by atoms with Crippen LogP contribution in [0.1, 0.15) is 44.7 Å². The molecule has 0 amide bonds. The molecule has 1 nitrogen and oxygen atoms in total. The average molecular weight is 302 g/mol. The van der Waals surface area contributed by atoms with Crippen LogP contribution in [0, 0.1) is 0 Å². The Morgan fingerprint density at radius 2 is 1.62 bits per heavy atom. The molecule has 1 atom stereocenters. The lowest BCUT2D eigenvalue weighted by atomic mass is 9.70. The minimum absolute atomic E-state index is 0.333. The van der Waals surface area contributed by atoms with Crippen molar-refractivity contribution in [2.24, 2.45) is 0 Å². The molecular weight excluding hydrogens is 270 g/mol. The molecule has 0 aromatic heterocycles. The first kappa shape index (κ1) is 15.1. The quantitative estimate of drug-likeness (QED) is 0.681. The highest BCUT2D eigenvalue weighted by Gasteiger charge is 2.42. The number of benzene rings is 1. The Morgan fingerprint density at radius 3 is 2.29 bits per heavy atom. The van der Waals surface area contributed by atoms with Crippen LogP contribution in [0.2, 0.25) is 25.7 Å². The zero-order valence-corrected chi connectivity index (χ0v) is 15.7. The maximum Gasteiger partial charge on any atom is 0.0451 e. The number of nitrogens with zero attached hydrogens (tertiary/aromatic N) is 1. The van der Waals surface area contributed by atoms with Crippen LogP contribution in [-0.4, -0.2) is 21.2 Å². The summed E-state index contributed by atoms with van der Waals surface area (Å²) in [6.07, 6.45) is 2.61. The van der Waals surface area contributed by atoms with Gasteiger partial charge in [-0.25, -0.2) is 0 Å². The minimum Gasteiger partial charge on any atom is -0.371 e. The van der Waals surface area contributed by atoms with Crippen LogP contribution < -0.4 is 4.90 Å². The summed E-state index contributed by atoms with van der Waals surface area (Å²) in [4.78, 5) is 2.67. The van der Waals surface area contributed by atoms with Gasteiger partial charge in [-0.15, -0.1) is 0 Å². The van der Waals surface area contributed by atoms with Crippen molar-refractivity contribution in [3.05, 3.63) is 29.3 Å². The molecule has 2 heteroatoms. The van der Waals surface area contributed by atoms with Gasteiger partial charge < -0.3 is 4.90 Å². The summed E-state index contributed by atoms with van der Waals surface area (Å²) in [7, 11) is -1.07. The van der Waals surface area contributed by atoms with Gasteiger partial charge in [-0.2, -0.15) is 0 Å². The summed E-state index contributed by atoms with van der Waals surface area (Å²) in [5, 5.41) is 0. The molecule has 2 aliphatic rings. The van der Waals surface area contributed by atoms with Crippen molar-refractivity contribution in [3.8, 4) is 0 Å². The molecule has 116 valence electrons. The lowest BCUT2D eigenvalue weighted by Gasteiger charge is -2.50. The SMILES string of the molecule is CC1(C)CCN2CCC(C)(C[Si](C)(C)C)c3cccc1c32. The van der Waals surface area contributed by atoms with Gasteiger partial charge in [0.15, 0.2) is 0 Å². The molecule has 0 saturated carbocycles. The van der Waals surface area contributed by atoms with Gasteiger partial charge in [0.2, 0.25) is 0 Å². The van der Waals surface area contributed by atoms with Gasteiger partial charge in [0.25, 0.3) is 0 Å². The van der Waals surface area contributed by atoms with Gasteiger partial charge in [-0.3, -0.25) is 0 Å². The second kappa shape index (κ2) is 4.61. The van der Waals surface area contributed by atoms with E-state index in [0.29, 0.717) is 10.8 Å². The second-order valence-electron chi connectivity index (χ2n) is 9.37. The topological polar surface area (TPSA) is 3.24 Å². The van der Waals surface area contributed by atoms with Crippen molar-refractivity contribution < 1.29 is 0 Å². The highest BCUT2D eigenvalue weighted by atomic mass is 28.3. The van der Waals surface area contributed by atoms with E-state index >= 15 is 0 Å². The highest BCUT2D eigenvalue weighted by molar-refractivity contribution is 6.76. The summed E-state index contributed by atoms with van der Waals surface area (Å²) >= 11 is 0. The summed E-state index contributed by atoms with van der Waals surface area (Å²) < 4.78 is 0. The maximum atomic E-state index is 2.67. The van der Waals surface area contributed by atoms with Gasteiger partial charge in [-0.05, 0) is 40.8 Å². The lowest BCUT2D eigenvalue weighted by molar-refractivity contribution is 0.399. The van der Waals surface area contributed by atoms with E-state index in [4.69, 9.17) is 0 Å². The molecule has 0 saturated heterocycles. The Morgan fingerprint density at radius 1 is 1.00 bits per heavy atom. The van der Waals surface area contributed by atoms with Gasteiger partial charge in [-0.1, -0.05) is 58.6 Å². The average Bonchev–Trinajstić information content (AvgIpc) is 2.35. The Balaban J connectivity index is 2.14. The highest BCUT2D eigenvalue weighted by Crippen LogP contribution is 2.51. The van der Waals surface area contributed by atoms with Gasteiger partial charge in [0.05, 0.1) is 0 Å². The first-order valence-corrected chi connectivity index (χ1v) is 12.2. The zero-order chi connectivity index (χ0) is 15.5. The first-order chi connectivity index (χ1) is 9.62. The van der Waals surface area contributed by atoms with Gasteiger partial charge >= 0.3 is 0 Å². The number of para-hydroxylation sites is 1. The minimum atomic E-state index is -1.07. The molecule has 0 fully saturated rings. The third-order valence-electron chi connectivity index (χ3n) is 5.59. The fourth-order valence-electron chi connectivity index (χ4n) is 4.67. The summed E-state index contributed by atoms with van der Waals surface area (Å²) in [5.74, 6) is 0. The summed E-state index contributed by atoms with van der Waals surface area (Å²) in [6, 6.07) is 8.52. The molecule has 1 unspecified atom stereocenters. The fraction of sp³-hybridized carbons (Fsp3) is 0.684. The van der Waals surface area contributed by atoms with E-state index in [2.05, 4.69) is 63.5 Å². The molecule has 0 radical (unpaired) electrons. The molecule has 21 heavy (non-hydrogen) atoms. The Hall–Kier alpha value is -0.763. The van der Waals surface area contributed by atoms with E-state index in [1.54, 1.807) is 16.8 Å². The van der Waals surface area contributed by atoms with E-state index < -0.39 is 8.07 Å². The van der Waals surface area contributed by atoms with Crippen LogP contribution in [0.4, 0.5) is 5.69 Å². The number of hydrogen-bond donors (Lipinski definition) is 0. The van der Waals surface area contributed by atoms with Crippen molar-refractivity contribution in [1.29, 1.82) is 0 Å². The largest absolute Gasteiger partial charge is 0.371 e. The molecule has 0 spiro atoms. The van der Waals surface area contributed by atoms with Gasteiger partial charge in [0.1, 0.15) is 0 Å². The van der Waals surface area contributed by atoms with Crippen LogP contribution in [0.15, 0.2) is 18.2 Å². The second-order valence-corrected chi connectivity index (χ2v) is 14.8. The third-order valence-corrected chi connectivity index (χ3v) is 7.43. The molecule has 2 heterocycles. The zero-order valence-electron chi connectivity index (χ0n) is 14.7. The Bertz CT molecular complexity index is 555. The van der Waals surface area contributed by atoms with E-state index in [9.17, 15) is 0 Å². The van der Waals surface area contributed by atoms with Crippen LogP contribution in [-0.2, 0) is 10.8 Å². The van der Waals surface area contributed by atoms with E-state index in [1.165, 1.54) is 32.0 Å². The smallest absolute Gasteiger partial charge is 0.0451 e. The normalized spacial score (nSPS) is 27.4. The molecule has 0 aliphatic carbocycles. The van der Waals surface area contributed by atoms with Crippen molar-refractivity contribution in [3.63, 3.8) is 0 Å². The number of hydrogen-bond acceptors (Lipinski definition) is 1.